The second-order valence-electron chi connectivity index (χ2n) is 6.60. The Balaban J connectivity index is 1.47. The molecule has 2 aromatic heterocycles. The number of piperidine rings is 1. The number of para-hydroxylation sites is 1. The first kappa shape index (κ1) is 16.1. The summed E-state index contributed by atoms with van der Waals surface area (Å²) >= 11 is 1.35. The predicted octanol–water partition coefficient (Wildman–Crippen LogP) is 3.99. The molecule has 1 aliphatic heterocycles. The number of likely N-dealkylation sites (tertiary alicyclic amines) is 1. The number of benzene rings is 1. The lowest BCUT2D eigenvalue weighted by atomic mass is 9.93. The Morgan fingerprint density at radius 3 is 2.80 bits per heavy atom. The van der Waals surface area contributed by atoms with Crippen molar-refractivity contribution >= 4 is 33.3 Å². The Bertz CT molecular complexity index is 872. The number of rotatable bonds is 3. The van der Waals surface area contributed by atoms with Crippen LogP contribution >= 0.6 is 11.5 Å². The topological polar surface area (TPSA) is 61.0 Å². The standard InChI is InChI=1S/C19H22N4OS/c1-12-17(18(20-2)25-22-12)19(24)23-9-7-13(8-10-23)16-11-14-5-3-4-6-15(14)21-16/h3-6,11,13,20-21H,7-10H2,1-2H3. The summed E-state index contributed by atoms with van der Waals surface area (Å²) in [5.41, 5.74) is 4.03. The zero-order chi connectivity index (χ0) is 17.4. The molecule has 0 radical (unpaired) electrons. The van der Waals surface area contributed by atoms with Crippen LogP contribution in [0.3, 0.4) is 0 Å². The number of carbonyl (C=O) groups is 1. The minimum atomic E-state index is 0.102. The number of H-pyrrole nitrogens is 1. The van der Waals surface area contributed by atoms with Crippen LogP contribution in [0.2, 0.25) is 0 Å². The van der Waals surface area contributed by atoms with Crippen molar-refractivity contribution in [1.29, 1.82) is 0 Å². The van der Waals surface area contributed by atoms with Crippen LogP contribution in [-0.4, -0.2) is 40.3 Å². The summed E-state index contributed by atoms with van der Waals surface area (Å²) in [4.78, 5) is 18.4. The van der Waals surface area contributed by atoms with Crippen molar-refractivity contribution in [3.63, 3.8) is 0 Å². The lowest BCUT2D eigenvalue weighted by Crippen LogP contribution is -2.38. The molecule has 0 aliphatic carbocycles. The maximum absolute atomic E-state index is 12.9. The molecule has 3 heterocycles. The molecule has 1 aliphatic rings. The van der Waals surface area contributed by atoms with Crippen LogP contribution in [-0.2, 0) is 0 Å². The Morgan fingerprint density at radius 1 is 1.32 bits per heavy atom. The molecule has 0 spiro atoms. The highest BCUT2D eigenvalue weighted by molar-refractivity contribution is 7.10. The van der Waals surface area contributed by atoms with Gasteiger partial charge in [0.25, 0.3) is 5.91 Å². The number of nitrogens with zero attached hydrogens (tertiary/aromatic N) is 2. The van der Waals surface area contributed by atoms with Gasteiger partial charge in [0.2, 0.25) is 0 Å². The number of amides is 1. The molecular formula is C19H22N4OS. The van der Waals surface area contributed by atoms with E-state index in [9.17, 15) is 4.79 Å². The number of hydrogen-bond acceptors (Lipinski definition) is 4. The molecule has 0 atom stereocenters. The van der Waals surface area contributed by atoms with Crippen molar-refractivity contribution in [2.24, 2.45) is 0 Å². The largest absolute Gasteiger partial charge is 0.378 e. The number of aromatic nitrogens is 2. The second-order valence-corrected chi connectivity index (χ2v) is 7.37. The molecule has 2 N–H and O–H groups in total. The van der Waals surface area contributed by atoms with E-state index in [4.69, 9.17) is 0 Å². The molecule has 1 aromatic carbocycles. The Hall–Kier alpha value is -2.34. The number of fused-ring (bicyclic) bond motifs is 1. The fraction of sp³-hybridized carbons (Fsp3) is 0.368. The van der Waals surface area contributed by atoms with Gasteiger partial charge in [0.05, 0.1) is 11.3 Å². The van der Waals surface area contributed by atoms with Gasteiger partial charge in [0, 0.05) is 37.3 Å². The Labute approximate surface area is 151 Å². The van der Waals surface area contributed by atoms with Gasteiger partial charge in [-0.15, -0.1) is 0 Å². The van der Waals surface area contributed by atoms with Crippen molar-refractivity contribution in [2.75, 3.05) is 25.5 Å². The van der Waals surface area contributed by atoms with Gasteiger partial charge in [-0.3, -0.25) is 4.79 Å². The van der Waals surface area contributed by atoms with Crippen LogP contribution in [0.25, 0.3) is 10.9 Å². The molecule has 5 nitrogen and oxygen atoms in total. The van der Waals surface area contributed by atoms with E-state index in [0.29, 0.717) is 5.92 Å². The van der Waals surface area contributed by atoms with Gasteiger partial charge < -0.3 is 15.2 Å². The summed E-state index contributed by atoms with van der Waals surface area (Å²) in [5.74, 6) is 0.590. The van der Waals surface area contributed by atoms with Crippen LogP contribution < -0.4 is 5.32 Å². The van der Waals surface area contributed by atoms with E-state index < -0.39 is 0 Å². The van der Waals surface area contributed by atoms with E-state index >= 15 is 0 Å². The monoisotopic (exact) mass is 354 g/mol. The highest BCUT2D eigenvalue weighted by Crippen LogP contribution is 2.32. The quantitative estimate of drug-likeness (QED) is 0.747. The van der Waals surface area contributed by atoms with Gasteiger partial charge >= 0.3 is 0 Å². The minimum Gasteiger partial charge on any atom is -0.378 e. The van der Waals surface area contributed by atoms with Gasteiger partial charge in [0.15, 0.2) is 0 Å². The van der Waals surface area contributed by atoms with E-state index in [1.165, 1.54) is 28.1 Å². The molecular weight excluding hydrogens is 332 g/mol. The normalized spacial score (nSPS) is 15.7. The van der Waals surface area contributed by atoms with Crippen molar-refractivity contribution in [3.8, 4) is 0 Å². The maximum Gasteiger partial charge on any atom is 0.258 e. The van der Waals surface area contributed by atoms with Gasteiger partial charge in [-0.1, -0.05) is 18.2 Å². The van der Waals surface area contributed by atoms with Gasteiger partial charge in [-0.05, 0) is 48.8 Å². The SMILES string of the molecule is CNc1snc(C)c1C(=O)N1CCC(c2cc3ccccc3[nH]2)CC1. The first-order valence-electron chi connectivity index (χ1n) is 8.68. The van der Waals surface area contributed by atoms with Gasteiger partial charge in [0.1, 0.15) is 5.00 Å². The molecule has 0 unspecified atom stereocenters. The van der Waals surface area contributed by atoms with Crippen LogP contribution in [0, 0.1) is 6.92 Å². The fourth-order valence-electron chi connectivity index (χ4n) is 3.66. The highest BCUT2D eigenvalue weighted by atomic mass is 32.1. The number of aryl methyl sites for hydroxylation is 1. The first-order chi connectivity index (χ1) is 12.2. The molecule has 1 fully saturated rings. The van der Waals surface area contributed by atoms with Crippen molar-refractivity contribution in [1.82, 2.24) is 14.3 Å². The molecule has 25 heavy (non-hydrogen) atoms. The highest BCUT2D eigenvalue weighted by Gasteiger charge is 2.28. The Kier molecular flexibility index (Phi) is 4.21. The summed E-state index contributed by atoms with van der Waals surface area (Å²) in [7, 11) is 1.84. The Morgan fingerprint density at radius 2 is 2.08 bits per heavy atom. The average molecular weight is 354 g/mol. The molecule has 0 bridgehead atoms. The zero-order valence-electron chi connectivity index (χ0n) is 14.5. The number of aromatic amines is 1. The van der Waals surface area contributed by atoms with Crippen LogP contribution in [0.15, 0.2) is 30.3 Å². The molecule has 0 saturated carbocycles. The van der Waals surface area contributed by atoms with E-state index in [1.54, 1.807) is 0 Å². The smallest absolute Gasteiger partial charge is 0.258 e. The molecule has 1 saturated heterocycles. The summed E-state index contributed by atoms with van der Waals surface area (Å²) in [6.45, 7) is 3.48. The number of anilines is 1. The summed E-state index contributed by atoms with van der Waals surface area (Å²) in [6.07, 6.45) is 1.98. The van der Waals surface area contributed by atoms with E-state index in [2.05, 4.69) is 45.0 Å². The van der Waals surface area contributed by atoms with E-state index in [0.717, 1.165) is 42.2 Å². The maximum atomic E-state index is 12.9. The first-order valence-corrected chi connectivity index (χ1v) is 9.45. The van der Waals surface area contributed by atoms with E-state index in [-0.39, 0.29) is 5.91 Å². The van der Waals surface area contributed by atoms with E-state index in [1.807, 2.05) is 18.9 Å². The van der Waals surface area contributed by atoms with Crippen LogP contribution in [0.5, 0.6) is 0 Å². The predicted molar refractivity (Wildman–Crippen MR) is 103 cm³/mol. The third kappa shape index (κ3) is 2.91. The van der Waals surface area contributed by atoms with Crippen molar-refractivity contribution < 1.29 is 4.79 Å². The third-order valence-corrected chi connectivity index (χ3v) is 6.03. The van der Waals surface area contributed by atoms with Gasteiger partial charge in [-0.2, -0.15) is 4.37 Å². The average Bonchev–Trinajstić information content (AvgIpc) is 3.24. The van der Waals surface area contributed by atoms with Crippen molar-refractivity contribution in [2.45, 2.75) is 25.7 Å². The molecule has 6 heteroatoms. The second kappa shape index (κ2) is 6.52. The summed E-state index contributed by atoms with van der Waals surface area (Å²) in [6, 6.07) is 10.6. The number of hydrogen-bond donors (Lipinski definition) is 2. The lowest BCUT2D eigenvalue weighted by Gasteiger charge is -2.31. The van der Waals surface area contributed by atoms with Crippen LogP contribution in [0.1, 0.15) is 40.5 Å². The van der Waals surface area contributed by atoms with Gasteiger partial charge in [-0.25, -0.2) is 0 Å². The molecule has 4 rings (SSSR count). The molecule has 3 aromatic rings. The summed E-state index contributed by atoms with van der Waals surface area (Å²) < 4.78 is 4.32. The fourth-order valence-corrected chi connectivity index (χ4v) is 4.40. The zero-order valence-corrected chi connectivity index (χ0v) is 15.3. The van der Waals surface area contributed by atoms with Crippen LogP contribution in [0.4, 0.5) is 5.00 Å². The van der Waals surface area contributed by atoms with Crippen molar-refractivity contribution in [3.05, 3.63) is 47.3 Å². The molecule has 130 valence electrons. The third-order valence-electron chi connectivity index (χ3n) is 5.08. The number of nitrogens with one attached hydrogen (secondary N) is 2. The minimum absolute atomic E-state index is 0.102. The number of carbonyl (C=O) groups excluding carboxylic acids is 1. The molecule has 1 amide bonds. The summed E-state index contributed by atoms with van der Waals surface area (Å²) in [5, 5.41) is 5.21. The lowest BCUT2D eigenvalue weighted by molar-refractivity contribution is 0.0712.